The van der Waals surface area contributed by atoms with Gasteiger partial charge < -0.3 is 10.0 Å². The Bertz CT molecular complexity index is 319. The molecule has 0 atom stereocenters. The first-order chi connectivity index (χ1) is 6.24. The highest BCUT2D eigenvalue weighted by atomic mass is 16.4. The van der Waals surface area contributed by atoms with Crippen LogP contribution in [0.2, 0.25) is 0 Å². The number of nitrogens with zero attached hydrogens (tertiary/aromatic N) is 3. The highest BCUT2D eigenvalue weighted by Gasteiger charge is 2.08. The Balaban J connectivity index is 2.75. The molecule has 0 amide bonds. The van der Waals surface area contributed by atoms with Crippen LogP contribution in [0.1, 0.15) is 5.56 Å². The van der Waals surface area contributed by atoms with Gasteiger partial charge in [0, 0.05) is 4.91 Å². The van der Waals surface area contributed by atoms with E-state index < -0.39 is 7.12 Å². The first kappa shape index (κ1) is 9.60. The molecule has 0 radical (unpaired) electrons. The van der Waals surface area contributed by atoms with Crippen molar-refractivity contribution in [1.82, 2.24) is 0 Å². The van der Waals surface area contributed by atoms with E-state index in [1.165, 1.54) is 0 Å². The maximum absolute atomic E-state index is 8.76. The largest absolute Gasteiger partial charge is 0.488 e. The summed E-state index contributed by atoms with van der Waals surface area (Å²) in [6.45, 7) is 0.276. The van der Waals surface area contributed by atoms with Crippen LogP contribution in [-0.2, 0) is 6.54 Å². The summed E-state index contributed by atoms with van der Waals surface area (Å²) in [5.41, 5.74) is 9.31. The van der Waals surface area contributed by atoms with Crippen LogP contribution in [0.3, 0.4) is 0 Å². The van der Waals surface area contributed by atoms with E-state index in [9.17, 15) is 0 Å². The van der Waals surface area contributed by atoms with Gasteiger partial charge in [-0.05, 0) is 16.6 Å². The quantitative estimate of drug-likeness (QED) is 0.298. The maximum Gasteiger partial charge on any atom is 0.488 e. The van der Waals surface area contributed by atoms with Gasteiger partial charge in [-0.3, -0.25) is 0 Å². The SMILES string of the molecule is [N-]=[N+]=NCc1ccc(B(O)O)cc1. The van der Waals surface area contributed by atoms with Gasteiger partial charge >= 0.3 is 7.12 Å². The first-order valence-corrected chi connectivity index (χ1v) is 3.70. The Hall–Kier alpha value is -1.49. The Morgan fingerprint density at radius 1 is 1.31 bits per heavy atom. The van der Waals surface area contributed by atoms with Crippen LogP contribution in [0, 0.1) is 0 Å². The van der Waals surface area contributed by atoms with Gasteiger partial charge in [-0.25, -0.2) is 0 Å². The van der Waals surface area contributed by atoms with E-state index in [1.54, 1.807) is 24.3 Å². The van der Waals surface area contributed by atoms with Gasteiger partial charge in [-0.15, -0.1) is 0 Å². The van der Waals surface area contributed by atoms with Crippen LogP contribution < -0.4 is 5.46 Å². The topological polar surface area (TPSA) is 89.2 Å². The zero-order chi connectivity index (χ0) is 9.68. The number of azide groups is 1. The molecule has 66 valence electrons. The van der Waals surface area contributed by atoms with Crippen molar-refractivity contribution in [2.24, 2.45) is 5.11 Å². The third kappa shape index (κ3) is 2.80. The predicted molar refractivity (Wildman–Crippen MR) is 49.1 cm³/mol. The number of rotatable bonds is 3. The zero-order valence-corrected chi connectivity index (χ0v) is 6.83. The number of hydrogen-bond donors (Lipinski definition) is 2. The molecule has 0 bridgehead atoms. The molecule has 0 aliphatic heterocycles. The molecule has 1 rings (SSSR count). The second-order valence-corrected chi connectivity index (χ2v) is 2.50. The summed E-state index contributed by atoms with van der Waals surface area (Å²) in [4.78, 5) is 2.61. The summed E-state index contributed by atoms with van der Waals surface area (Å²) in [6.07, 6.45) is 0. The summed E-state index contributed by atoms with van der Waals surface area (Å²) in [5.74, 6) is 0. The van der Waals surface area contributed by atoms with Gasteiger partial charge in [-0.1, -0.05) is 29.4 Å². The van der Waals surface area contributed by atoms with Crippen molar-refractivity contribution in [1.29, 1.82) is 0 Å². The lowest BCUT2D eigenvalue weighted by Gasteiger charge is -1.99. The Kier molecular flexibility index (Phi) is 3.34. The average Bonchev–Trinajstić information content (AvgIpc) is 2.15. The van der Waals surface area contributed by atoms with Gasteiger partial charge in [0.15, 0.2) is 0 Å². The van der Waals surface area contributed by atoms with Gasteiger partial charge in [0.05, 0.1) is 6.54 Å². The molecule has 13 heavy (non-hydrogen) atoms. The van der Waals surface area contributed by atoms with Crippen LogP contribution in [0.4, 0.5) is 0 Å². The van der Waals surface area contributed by atoms with Gasteiger partial charge in [0.25, 0.3) is 0 Å². The van der Waals surface area contributed by atoms with E-state index in [1.807, 2.05) is 0 Å². The second-order valence-electron chi connectivity index (χ2n) is 2.50. The van der Waals surface area contributed by atoms with Gasteiger partial charge in [0.1, 0.15) is 0 Å². The lowest BCUT2D eigenvalue weighted by molar-refractivity contribution is 0.426. The summed E-state index contributed by atoms with van der Waals surface area (Å²) in [7, 11) is -1.45. The molecule has 0 spiro atoms. The minimum atomic E-state index is -1.45. The summed E-state index contributed by atoms with van der Waals surface area (Å²) in [5, 5.41) is 20.9. The molecule has 0 saturated heterocycles. The molecule has 0 saturated carbocycles. The molecule has 0 fully saturated rings. The van der Waals surface area contributed by atoms with E-state index in [2.05, 4.69) is 10.0 Å². The number of hydrogen-bond acceptors (Lipinski definition) is 3. The molecule has 1 aromatic rings. The summed E-state index contributed by atoms with van der Waals surface area (Å²) in [6, 6.07) is 6.52. The third-order valence-corrected chi connectivity index (χ3v) is 1.59. The second kappa shape index (κ2) is 4.52. The number of benzene rings is 1. The molecule has 0 heterocycles. The molecule has 0 aliphatic rings. The summed E-state index contributed by atoms with van der Waals surface area (Å²) >= 11 is 0. The lowest BCUT2D eigenvalue weighted by atomic mass is 9.80. The molecular weight excluding hydrogens is 169 g/mol. The smallest absolute Gasteiger partial charge is 0.423 e. The normalized spacial score (nSPS) is 9.08. The summed E-state index contributed by atoms with van der Waals surface area (Å²) < 4.78 is 0. The third-order valence-electron chi connectivity index (χ3n) is 1.59. The standard InChI is InChI=1S/C7H8BN3O2/c9-11-10-5-6-1-3-7(4-2-6)8(12)13/h1-4,12-13H,5H2. The van der Waals surface area contributed by atoms with E-state index >= 15 is 0 Å². The minimum Gasteiger partial charge on any atom is -0.423 e. The van der Waals surface area contributed by atoms with Crippen molar-refractivity contribution < 1.29 is 10.0 Å². The van der Waals surface area contributed by atoms with Crippen molar-refractivity contribution in [2.75, 3.05) is 0 Å². The molecule has 6 heteroatoms. The maximum atomic E-state index is 8.76. The first-order valence-electron chi connectivity index (χ1n) is 3.70. The van der Waals surface area contributed by atoms with Crippen molar-refractivity contribution in [3.05, 3.63) is 40.3 Å². The van der Waals surface area contributed by atoms with Crippen LogP contribution in [0.5, 0.6) is 0 Å². The van der Waals surface area contributed by atoms with E-state index in [0.717, 1.165) is 5.56 Å². The average molecular weight is 177 g/mol. The molecule has 0 aliphatic carbocycles. The molecule has 1 aromatic carbocycles. The van der Waals surface area contributed by atoms with E-state index in [4.69, 9.17) is 15.6 Å². The Morgan fingerprint density at radius 2 is 1.92 bits per heavy atom. The van der Waals surface area contributed by atoms with Crippen molar-refractivity contribution in [2.45, 2.75) is 6.54 Å². The van der Waals surface area contributed by atoms with Crippen molar-refractivity contribution in [3.8, 4) is 0 Å². The van der Waals surface area contributed by atoms with Crippen LogP contribution >= 0.6 is 0 Å². The van der Waals surface area contributed by atoms with Gasteiger partial charge in [0.2, 0.25) is 0 Å². The predicted octanol–water partition coefficient (Wildman–Crippen LogP) is 0.177. The Morgan fingerprint density at radius 3 is 2.38 bits per heavy atom. The molecule has 5 nitrogen and oxygen atoms in total. The highest BCUT2D eigenvalue weighted by Crippen LogP contribution is 1.99. The molecule has 0 unspecified atom stereocenters. The molecule has 0 aromatic heterocycles. The lowest BCUT2D eigenvalue weighted by Crippen LogP contribution is -2.29. The van der Waals surface area contributed by atoms with E-state index in [-0.39, 0.29) is 6.54 Å². The van der Waals surface area contributed by atoms with Gasteiger partial charge in [-0.2, -0.15) is 0 Å². The Labute approximate surface area is 75.4 Å². The monoisotopic (exact) mass is 177 g/mol. The van der Waals surface area contributed by atoms with E-state index in [0.29, 0.717) is 5.46 Å². The van der Waals surface area contributed by atoms with Crippen molar-refractivity contribution >= 4 is 12.6 Å². The van der Waals surface area contributed by atoms with Crippen LogP contribution in [-0.4, -0.2) is 17.2 Å². The molecule has 2 N–H and O–H groups in total. The highest BCUT2D eigenvalue weighted by molar-refractivity contribution is 6.58. The van der Waals surface area contributed by atoms with Crippen molar-refractivity contribution in [3.63, 3.8) is 0 Å². The fraction of sp³-hybridized carbons (Fsp3) is 0.143. The fourth-order valence-corrected chi connectivity index (χ4v) is 0.908. The fourth-order valence-electron chi connectivity index (χ4n) is 0.908. The molecular formula is C7H8BN3O2. The van der Waals surface area contributed by atoms with Crippen LogP contribution in [0.25, 0.3) is 10.4 Å². The van der Waals surface area contributed by atoms with Crippen LogP contribution in [0.15, 0.2) is 29.4 Å². The minimum absolute atomic E-state index is 0.276. The zero-order valence-electron chi connectivity index (χ0n) is 6.83.